The summed E-state index contributed by atoms with van der Waals surface area (Å²) >= 11 is 0. The number of aromatic hydroxyl groups is 1. The normalized spacial score (nSPS) is 11.3. The van der Waals surface area contributed by atoms with Crippen molar-refractivity contribution in [2.45, 2.75) is 45.6 Å². The molecule has 0 fully saturated rings. The van der Waals surface area contributed by atoms with E-state index in [9.17, 15) is 5.11 Å². The highest BCUT2D eigenvalue weighted by molar-refractivity contribution is 5.82. The SMILES string of the molecule is CCCCc1nc2c(N)nc(O)nc2n1CCCCN. The summed E-state index contributed by atoms with van der Waals surface area (Å²) in [5.41, 5.74) is 12.5. The summed E-state index contributed by atoms with van der Waals surface area (Å²) in [4.78, 5) is 12.4. The zero-order valence-corrected chi connectivity index (χ0v) is 11.8. The van der Waals surface area contributed by atoms with E-state index in [0.717, 1.165) is 44.5 Å². The molecule has 0 unspecified atom stereocenters. The number of aromatic nitrogens is 4. The monoisotopic (exact) mass is 278 g/mol. The van der Waals surface area contributed by atoms with Crippen molar-refractivity contribution in [3.8, 4) is 6.01 Å². The van der Waals surface area contributed by atoms with Crippen molar-refractivity contribution in [3.63, 3.8) is 0 Å². The first-order valence-electron chi connectivity index (χ1n) is 7.09. The Bertz CT molecular complexity index is 580. The molecule has 0 bridgehead atoms. The Balaban J connectivity index is 2.41. The number of rotatable bonds is 7. The Morgan fingerprint density at radius 1 is 1.15 bits per heavy atom. The quantitative estimate of drug-likeness (QED) is 0.655. The molecule has 0 aliphatic heterocycles. The van der Waals surface area contributed by atoms with Gasteiger partial charge in [0.1, 0.15) is 5.82 Å². The van der Waals surface area contributed by atoms with E-state index in [1.54, 1.807) is 0 Å². The largest absolute Gasteiger partial charge is 0.479 e. The Morgan fingerprint density at radius 2 is 1.95 bits per heavy atom. The van der Waals surface area contributed by atoms with Crippen LogP contribution in [-0.2, 0) is 13.0 Å². The van der Waals surface area contributed by atoms with Crippen LogP contribution in [0.15, 0.2) is 0 Å². The van der Waals surface area contributed by atoms with Crippen LogP contribution in [0.2, 0.25) is 0 Å². The average Bonchev–Trinajstić information content (AvgIpc) is 2.75. The highest BCUT2D eigenvalue weighted by Crippen LogP contribution is 2.22. The lowest BCUT2D eigenvalue weighted by atomic mass is 10.2. The summed E-state index contributed by atoms with van der Waals surface area (Å²) in [7, 11) is 0. The molecule has 5 N–H and O–H groups in total. The number of nitrogens with zero attached hydrogens (tertiary/aromatic N) is 4. The molecular weight excluding hydrogens is 256 g/mol. The molecule has 7 nitrogen and oxygen atoms in total. The minimum Gasteiger partial charge on any atom is -0.479 e. The van der Waals surface area contributed by atoms with Gasteiger partial charge in [-0.05, 0) is 25.8 Å². The Hall–Kier alpha value is -1.89. The number of imidazole rings is 1. The number of aryl methyl sites for hydroxylation is 2. The summed E-state index contributed by atoms with van der Waals surface area (Å²) in [6.07, 6.45) is 4.92. The van der Waals surface area contributed by atoms with Crippen LogP contribution in [0.4, 0.5) is 5.82 Å². The first-order chi connectivity index (χ1) is 9.67. The van der Waals surface area contributed by atoms with E-state index in [1.165, 1.54) is 0 Å². The number of nitrogens with two attached hydrogens (primary N) is 2. The molecule has 2 heterocycles. The van der Waals surface area contributed by atoms with Crippen LogP contribution >= 0.6 is 0 Å². The molecule has 2 aromatic rings. The lowest BCUT2D eigenvalue weighted by Crippen LogP contribution is -2.07. The minimum atomic E-state index is -0.308. The molecule has 0 aliphatic rings. The minimum absolute atomic E-state index is 0.225. The van der Waals surface area contributed by atoms with Gasteiger partial charge in [0.05, 0.1) is 0 Å². The van der Waals surface area contributed by atoms with E-state index in [0.29, 0.717) is 17.7 Å². The van der Waals surface area contributed by atoms with Crippen LogP contribution in [0.1, 0.15) is 38.4 Å². The van der Waals surface area contributed by atoms with E-state index in [-0.39, 0.29) is 11.8 Å². The molecule has 0 aromatic carbocycles. The van der Waals surface area contributed by atoms with E-state index < -0.39 is 0 Å². The average molecular weight is 278 g/mol. The molecular formula is C13H22N6O. The maximum Gasteiger partial charge on any atom is 0.317 e. The lowest BCUT2D eigenvalue weighted by molar-refractivity contribution is 0.432. The molecule has 0 aliphatic carbocycles. The van der Waals surface area contributed by atoms with Crippen molar-refractivity contribution in [2.24, 2.45) is 5.73 Å². The fourth-order valence-electron chi connectivity index (χ4n) is 2.23. The highest BCUT2D eigenvalue weighted by Gasteiger charge is 2.15. The third-order valence-corrected chi connectivity index (χ3v) is 3.28. The topological polar surface area (TPSA) is 116 Å². The maximum absolute atomic E-state index is 9.53. The van der Waals surface area contributed by atoms with Crippen molar-refractivity contribution in [3.05, 3.63) is 5.82 Å². The fraction of sp³-hybridized carbons (Fsp3) is 0.615. The predicted molar refractivity (Wildman–Crippen MR) is 78.3 cm³/mol. The van der Waals surface area contributed by atoms with Gasteiger partial charge in [0.25, 0.3) is 0 Å². The van der Waals surface area contributed by atoms with E-state index in [2.05, 4.69) is 21.9 Å². The van der Waals surface area contributed by atoms with Gasteiger partial charge in [-0.25, -0.2) is 4.98 Å². The molecule has 2 rings (SSSR count). The summed E-state index contributed by atoms with van der Waals surface area (Å²) < 4.78 is 2.03. The van der Waals surface area contributed by atoms with Gasteiger partial charge in [0.15, 0.2) is 17.0 Å². The van der Waals surface area contributed by atoms with Crippen molar-refractivity contribution >= 4 is 17.0 Å². The van der Waals surface area contributed by atoms with Crippen molar-refractivity contribution in [1.29, 1.82) is 0 Å². The van der Waals surface area contributed by atoms with Crippen LogP contribution in [0.5, 0.6) is 6.01 Å². The number of unbranched alkanes of at least 4 members (excludes halogenated alkanes) is 2. The maximum atomic E-state index is 9.53. The highest BCUT2D eigenvalue weighted by atomic mass is 16.3. The van der Waals surface area contributed by atoms with Gasteiger partial charge in [-0.3, -0.25) is 0 Å². The Kier molecular flexibility index (Phi) is 4.73. The second kappa shape index (κ2) is 6.51. The van der Waals surface area contributed by atoms with Gasteiger partial charge >= 0.3 is 6.01 Å². The molecule has 2 aromatic heterocycles. The van der Waals surface area contributed by atoms with Crippen LogP contribution in [-0.4, -0.2) is 31.2 Å². The molecule has 0 amide bonds. The Morgan fingerprint density at radius 3 is 2.65 bits per heavy atom. The van der Waals surface area contributed by atoms with Gasteiger partial charge in [-0.15, -0.1) is 0 Å². The number of anilines is 1. The van der Waals surface area contributed by atoms with Crippen LogP contribution in [0.25, 0.3) is 11.2 Å². The molecule has 0 spiro atoms. The number of fused-ring (bicyclic) bond motifs is 1. The van der Waals surface area contributed by atoms with Crippen molar-refractivity contribution < 1.29 is 5.11 Å². The fourth-order valence-corrected chi connectivity index (χ4v) is 2.23. The van der Waals surface area contributed by atoms with Gasteiger partial charge < -0.3 is 21.1 Å². The molecule has 20 heavy (non-hydrogen) atoms. The molecule has 0 saturated heterocycles. The number of hydrogen-bond donors (Lipinski definition) is 3. The first kappa shape index (κ1) is 14.5. The van der Waals surface area contributed by atoms with Gasteiger partial charge in [0.2, 0.25) is 0 Å². The standard InChI is InChI=1S/C13H22N6O/c1-2-3-6-9-16-10-11(15)17-13(20)18-12(10)19(9)8-5-4-7-14/h2-8,14H2,1H3,(H3,15,17,18,20). The number of nitrogen functional groups attached to an aromatic ring is 1. The lowest BCUT2D eigenvalue weighted by Gasteiger charge is -2.08. The van der Waals surface area contributed by atoms with Crippen LogP contribution in [0, 0.1) is 0 Å². The van der Waals surface area contributed by atoms with Gasteiger partial charge in [-0.1, -0.05) is 13.3 Å². The molecule has 7 heteroatoms. The molecule has 0 radical (unpaired) electrons. The molecule has 0 saturated carbocycles. The van der Waals surface area contributed by atoms with Crippen LogP contribution in [0.3, 0.4) is 0 Å². The smallest absolute Gasteiger partial charge is 0.317 e. The Labute approximate surface area is 118 Å². The summed E-state index contributed by atoms with van der Waals surface area (Å²) in [6.45, 7) is 3.59. The third-order valence-electron chi connectivity index (χ3n) is 3.28. The summed E-state index contributed by atoms with van der Waals surface area (Å²) in [5.74, 6) is 1.17. The van der Waals surface area contributed by atoms with Gasteiger partial charge in [0, 0.05) is 13.0 Å². The molecule has 110 valence electrons. The number of hydrogen-bond acceptors (Lipinski definition) is 6. The molecule has 0 atom stereocenters. The third kappa shape index (κ3) is 2.98. The van der Waals surface area contributed by atoms with Gasteiger partial charge in [-0.2, -0.15) is 9.97 Å². The first-order valence-corrected chi connectivity index (χ1v) is 7.09. The summed E-state index contributed by atoms with van der Waals surface area (Å²) in [6, 6.07) is -0.308. The van der Waals surface area contributed by atoms with Crippen molar-refractivity contribution in [2.75, 3.05) is 12.3 Å². The van der Waals surface area contributed by atoms with E-state index in [4.69, 9.17) is 11.5 Å². The van der Waals surface area contributed by atoms with Crippen LogP contribution < -0.4 is 11.5 Å². The zero-order chi connectivity index (χ0) is 14.5. The van der Waals surface area contributed by atoms with E-state index >= 15 is 0 Å². The van der Waals surface area contributed by atoms with Crippen molar-refractivity contribution in [1.82, 2.24) is 19.5 Å². The second-order valence-corrected chi connectivity index (χ2v) is 4.86. The predicted octanol–water partition coefficient (Wildman–Crippen LogP) is 1.20. The zero-order valence-electron chi connectivity index (χ0n) is 11.8. The second-order valence-electron chi connectivity index (χ2n) is 4.86. The van der Waals surface area contributed by atoms with E-state index in [1.807, 2.05) is 4.57 Å². The summed E-state index contributed by atoms with van der Waals surface area (Å²) in [5, 5.41) is 9.53.